The first-order chi connectivity index (χ1) is 5.33. The maximum atomic E-state index is 11.4. The zero-order valence-electron chi connectivity index (χ0n) is 6.81. The lowest BCUT2D eigenvalue weighted by molar-refractivity contribution is -0.126. The van der Waals surface area contributed by atoms with Gasteiger partial charge in [0.1, 0.15) is 5.78 Å². The zero-order chi connectivity index (χ0) is 7.47. The van der Waals surface area contributed by atoms with Gasteiger partial charge in [-0.2, -0.15) is 0 Å². The molecular formula is C10H14O. The molecule has 1 spiro atoms. The van der Waals surface area contributed by atoms with E-state index in [1.165, 1.54) is 32.1 Å². The van der Waals surface area contributed by atoms with Gasteiger partial charge in [0.15, 0.2) is 0 Å². The molecule has 60 valence electrons. The van der Waals surface area contributed by atoms with Crippen LogP contribution in [-0.4, -0.2) is 5.78 Å². The van der Waals surface area contributed by atoms with Crippen LogP contribution >= 0.6 is 0 Å². The lowest BCUT2D eigenvalue weighted by atomic mass is 9.59. The van der Waals surface area contributed by atoms with E-state index in [9.17, 15) is 4.79 Å². The second-order valence-corrected chi connectivity index (χ2v) is 4.58. The third kappa shape index (κ3) is 0.533. The van der Waals surface area contributed by atoms with Gasteiger partial charge in [0.2, 0.25) is 0 Å². The Morgan fingerprint density at radius 3 is 2.82 bits per heavy atom. The highest BCUT2D eigenvalue weighted by Crippen LogP contribution is 2.66. The largest absolute Gasteiger partial charge is 0.299 e. The van der Waals surface area contributed by atoms with E-state index in [1.807, 2.05) is 0 Å². The molecule has 3 aliphatic carbocycles. The van der Waals surface area contributed by atoms with Crippen molar-refractivity contribution in [3.8, 4) is 0 Å². The van der Waals surface area contributed by atoms with Crippen LogP contribution in [0.5, 0.6) is 0 Å². The Bertz CT molecular complexity index is 221. The minimum Gasteiger partial charge on any atom is -0.299 e. The molecule has 1 heteroatoms. The van der Waals surface area contributed by atoms with Gasteiger partial charge in [0, 0.05) is 12.3 Å². The van der Waals surface area contributed by atoms with Crippen molar-refractivity contribution in [1.29, 1.82) is 0 Å². The number of ketones is 1. The SMILES string of the molecule is O=C1CC2CCCC23CCC13. The maximum Gasteiger partial charge on any atom is 0.136 e. The highest BCUT2D eigenvalue weighted by atomic mass is 16.1. The maximum absolute atomic E-state index is 11.4. The summed E-state index contributed by atoms with van der Waals surface area (Å²) in [5.74, 6) is 1.93. The van der Waals surface area contributed by atoms with Crippen molar-refractivity contribution >= 4 is 5.78 Å². The molecule has 0 N–H and O–H groups in total. The second kappa shape index (κ2) is 1.70. The van der Waals surface area contributed by atoms with Crippen molar-refractivity contribution in [3.05, 3.63) is 0 Å². The average molecular weight is 150 g/mol. The minimum absolute atomic E-state index is 0.523. The molecular weight excluding hydrogens is 136 g/mol. The number of Topliss-reactive ketones (excluding diaryl/α,β-unsaturated/α-hetero) is 1. The predicted octanol–water partition coefficient (Wildman–Crippen LogP) is 2.16. The summed E-state index contributed by atoms with van der Waals surface area (Å²) in [6, 6.07) is 0. The number of hydrogen-bond acceptors (Lipinski definition) is 1. The first kappa shape index (κ1) is 6.22. The van der Waals surface area contributed by atoms with E-state index in [2.05, 4.69) is 0 Å². The van der Waals surface area contributed by atoms with Crippen molar-refractivity contribution in [1.82, 2.24) is 0 Å². The molecule has 3 atom stereocenters. The van der Waals surface area contributed by atoms with E-state index in [4.69, 9.17) is 0 Å². The smallest absolute Gasteiger partial charge is 0.136 e. The van der Waals surface area contributed by atoms with E-state index >= 15 is 0 Å². The molecule has 0 bridgehead atoms. The molecule has 0 aromatic heterocycles. The van der Waals surface area contributed by atoms with Crippen LogP contribution in [0.25, 0.3) is 0 Å². The number of rotatable bonds is 0. The average Bonchev–Trinajstić information content (AvgIpc) is 2.36. The zero-order valence-corrected chi connectivity index (χ0v) is 6.81. The van der Waals surface area contributed by atoms with Gasteiger partial charge in [-0.15, -0.1) is 0 Å². The quantitative estimate of drug-likeness (QED) is 0.517. The molecule has 11 heavy (non-hydrogen) atoms. The lowest BCUT2D eigenvalue weighted by Gasteiger charge is -2.44. The van der Waals surface area contributed by atoms with E-state index in [0.29, 0.717) is 17.1 Å². The van der Waals surface area contributed by atoms with Gasteiger partial charge in [-0.3, -0.25) is 4.79 Å². The number of carbonyl (C=O) groups is 1. The molecule has 0 aromatic rings. The summed E-state index contributed by atoms with van der Waals surface area (Å²) in [6.45, 7) is 0. The van der Waals surface area contributed by atoms with Gasteiger partial charge in [0.05, 0.1) is 0 Å². The molecule has 0 heterocycles. The van der Waals surface area contributed by atoms with Crippen LogP contribution in [0.1, 0.15) is 38.5 Å². The molecule has 0 aliphatic heterocycles. The topological polar surface area (TPSA) is 17.1 Å². The van der Waals surface area contributed by atoms with Crippen LogP contribution in [0.2, 0.25) is 0 Å². The van der Waals surface area contributed by atoms with Crippen LogP contribution in [0.4, 0.5) is 0 Å². The summed E-state index contributed by atoms with van der Waals surface area (Å²) < 4.78 is 0. The van der Waals surface area contributed by atoms with Crippen molar-refractivity contribution < 1.29 is 4.79 Å². The first-order valence-corrected chi connectivity index (χ1v) is 4.86. The van der Waals surface area contributed by atoms with Gasteiger partial charge in [-0.25, -0.2) is 0 Å². The fourth-order valence-corrected chi connectivity index (χ4v) is 3.79. The Morgan fingerprint density at radius 2 is 2.18 bits per heavy atom. The fraction of sp³-hybridized carbons (Fsp3) is 0.900. The molecule has 3 unspecified atom stereocenters. The molecule has 0 saturated heterocycles. The van der Waals surface area contributed by atoms with Gasteiger partial charge in [-0.05, 0) is 37.0 Å². The van der Waals surface area contributed by atoms with Crippen molar-refractivity contribution in [3.63, 3.8) is 0 Å². The van der Waals surface area contributed by atoms with Crippen LogP contribution in [0, 0.1) is 17.3 Å². The molecule has 0 radical (unpaired) electrons. The van der Waals surface area contributed by atoms with Crippen LogP contribution in [0.15, 0.2) is 0 Å². The first-order valence-electron chi connectivity index (χ1n) is 4.86. The van der Waals surface area contributed by atoms with E-state index in [1.54, 1.807) is 0 Å². The van der Waals surface area contributed by atoms with Crippen molar-refractivity contribution in [2.75, 3.05) is 0 Å². The normalized spacial score (nSPS) is 53.6. The summed E-state index contributed by atoms with van der Waals surface area (Å²) >= 11 is 0. The molecule has 0 aromatic carbocycles. The molecule has 3 saturated carbocycles. The van der Waals surface area contributed by atoms with E-state index < -0.39 is 0 Å². The van der Waals surface area contributed by atoms with Crippen LogP contribution in [-0.2, 0) is 4.79 Å². The highest BCUT2D eigenvalue weighted by molar-refractivity contribution is 5.86. The monoisotopic (exact) mass is 150 g/mol. The fourth-order valence-electron chi connectivity index (χ4n) is 3.79. The second-order valence-electron chi connectivity index (χ2n) is 4.58. The molecule has 1 nitrogen and oxygen atoms in total. The third-order valence-electron chi connectivity index (χ3n) is 4.44. The molecule has 0 amide bonds. The Balaban J connectivity index is 2.01. The summed E-state index contributed by atoms with van der Waals surface area (Å²) in [4.78, 5) is 11.4. The Kier molecular flexibility index (Phi) is 0.961. The van der Waals surface area contributed by atoms with Gasteiger partial charge in [0.25, 0.3) is 0 Å². The Labute approximate surface area is 67.2 Å². The van der Waals surface area contributed by atoms with Crippen LogP contribution in [0.3, 0.4) is 0 Å². The highest BCUT2D eigenvalue weighted by Gasteiger charge is 2.61. The predicted molar refractivity (Wildman–Crippen MR) is 42.1 cm³/mol. The van der Waals surface area contributed by atoms with Gasteiger partial charge >= 0.3 is 0 Å². The lowest BCUT2D eigenvalue weighted by Crippen LogP contribution is -2.39. The molecule has 3 rings (SSSR count). The summed E-state index contributed by atoms with van der Waals surface area (Å²) in [6.07, 6.45) is 7.64. The molecule has 3 aliphatic rings. The summed E-state index contributed by atoms with van der Waals surface area (Å²) in [5.41, 5.74) is 0.567. The minimum atomic E-state index is 0.523. The number of carbonyl (C=O) groups excluding carboxylic acids is 1. The van der Waals surface area contributed by atoms with Gasteiger partial charge < -0.3 is 0 Å². The molecule has 3 fully saturated rings. The standard InChI is InChI=1S/C10H14O/c11-9-6-7-2-1-4-10(7)5-3-8(9)10/h7-8H,1-6H2. The van der Waals surface area contributed by atoms with Crippen LogP contribution < -0.4 is 0 Å². The Hall–Kier alpha value is -0.330. The van der Waals surface area contributed by atoms with Gasteiger partial charge in [-0.1, -0.05) is 6.42 Å². The number of hydrogen-bond donors (Lipinski definition) is 0. The third-order valence-corrected chi connectivity index (χ3v) is 4.44. The summed E-state index contributed by atoms with van der Waals surface area (Å²) in [5, 5.41) is 0. The van der Waals surface area contributed by atoms with Crippen molar-refractivity contribution in [2.45, 2.75) is 38.5 Å². The Morgan fingerprint density at radius 1 is 1.27 bits per heavy atom. The summed E-state index contributed by atoms with van der Waals surface area (Å²) in [7, 11) is 0. The van der Waals surface area contributed by atoms with E-state index in [0.717, 1.165) is 12.3 Å². The van der Waals surface area contributed by atoms with E-state index in [-0.39, 0.29) is 0 Å². The van der Waals surface area contributed by atoms with Crippen molar-refractivity contribution in [2.24, 2.45) is 17.3 Å².